The predicted molar refractivity (Wildman–Crippen MR) is 109 cm³/mol. The lowest BCUT2D eigenvalue weighted by molar-refractivity contribution is 0.0578. The van der Waals surface area contributed by atoms with Crippen molar-refractivity contribution >= 4 is 22.9 Å². The standard InChI is InChI=1S/C19H19N7O2S/c1-19(2,28)11-26-9-14(16(25-26)13-5-3-4-6-20-13)23-17(27)15-10-29-18(24-15)12-7-21-22-8-12/h3-10,28H,11H2,1-2H3,(H,21,22)(H,23,27). The highest BCUT2D eigenvalue weighted by Crippen LogP contribution is 2.27. The van der Waals surface area contributed by atoms with Crippen LogP contribution >= 0.6 is 11.3 Å². The molecule has 0 aliphatic heterocycles. The Kier molecular flexibility index (Phi) is 4.95. The molecule has 9 nitrogen and oxygen atoms in total. The van der Waals surface area contributed by atoms with E-state index >= 15 is 0 Å². The predicted octanol–water partition coefficient (Wildman–Crippen LogP) is 2.81. The van der Waals surface area contributed by atoms with E-state index in [1.165, 1.54) is 11.3 Å². The van der Waals surface area contributed by atoms with Crippen molar-refractivity contribution in [3.8, 4) is 22.0 Å². The Morgan fingerprint density at radius 2 is 2.24 bits per heavy atom. The minimum Gasteiger partial charge on any atom is -0.389 e. The minimum absolute atomic E-state index is 0.268. The quantitative estimate of drug-likeness (QED) is 0.450. The number of rotatable bonds is 6. The second-order valence-corrected chi connectivity index (χ2v) is 7.95. The van der Waals surface area contributed by atoms with Crippen molar-refractivity contribution in [2.75, 3.05) is 5.32 Å². The van der Waals surface area contributed by atoms with E-state index in [1.54, 1.807) is 48.7 Å². The van der Waals surface area contributed by atoms with E-state index < -0.39 is 5.60 Å². The van der Waals surface area contributed by atoms with E-state index in [-0.39, 0.29) is 12.5 Å². The Morgan fingerprint density at radius 1 is 1.38 bits per heavy atom. The molecule has 0 fully saturated rings. The first kappa shape index (κ1) is 19.0. The van der Waals surface area contributed by atoms with Gasteiger partial charge in [-0.3, -0.25) is 19.6 Å². The van der Waals surface area contributed by atoms with Gasteiger partial charge >= 0.3 is 0 Å². The number of amides is 1. The highest BCUT2D eigenvalue weighted by Gasteiger charge is 2.21. The molecule has 3 N–H and O–H groups in total. The summed E-state index contributed by atoms with van der Waals surface area (Å²) in [5, 5.41) is 26.5. The summed E-state index contributed by atoms with van der Waals surface area (Å²) < 4.78 is 1.59. The van der Waals surface area contributed by atoms with Gasteiger partial charge in [-0.25, -0.2) is 4.98 Å². The second-order valence-electron chi connectivity index (χ2n) is 7.10. The molecule has 0 aromatic carbocycles. The number of nitrogens with zero attached hydrogens (tertiary/aromatic N) is 5. The molecule has 0 spiro atoms. The Hall–Kier alpha value is -3.37. The van der Waals surface area contributed by atoms with E-state index in [2.05, 4.69) is 30.6 Å². The lowest BCUT2D eigenvalue weighted by Crippen LogP contribution is -2.26. The summed E-state index contributed by atoms with van der Waals surface area (Å²) in [5.74, 6) is -0.351. The van der Waals surface area contributed by atoms with Crippen LogP contribution in [0.5, 0.6) is 0 Å². The molecule has 0 saturated heterocycles. The third kappa shape index (κ3) is 4.39. The second kappa shape index (κ2) is 7.57. The summed E-state index contributed by atoms with van der Waals surface area (Å²) >= 11 is 1.36. The fourth-order valence-electron chi connectivity index (χ4n) is 2.75. The molecular weight excluding hydrogens is 390 g/mol. The summed E-state index contributed by atoms with van der Waals surface area (Å²) in [5.41, 5.74) is 1.80. The van der Waals surface area contributed by atoms with Gasteiger partial charge in [0.15, 0.2) is 0 Å². The number of H-pyrrole nitrogens is 1. The van der Waals surface area contributed by atoms with Crippen LogP contribution in [0.15, 0.2) is 48.4 Å². The number of hydrogen-bond donors (Lipinski definition) is 3. The number of nitrogens with one attached hydrogen (secondary N) is 2. The smallest absolute Gasteiger partial charge is 0.275 e. The van der Waals surface area contributed by atoms with E-state index in [9.17, 15) is 9.90 Å². The Bertz CT molecular complexity index is 1110. The van der Waals surface area contributed by atoms with Gasteiger partial charge in [-0.1, -0.05) is 6.07 Å². The van der Waals surface area contributed by atoms with Crippen LogP contribution in [0.3, 0.4) is 0 Å². The normalized spacial score (nSPS) is 11.6. The van der Waals surface area contributed by atoms with Crippen LogP contribution in [0.1, 0.15) is 24.3 Å². The average molecular weight is 409 g/mol. The van der Waals surface area contributed by atoms with Gasteiger partial charge in [-0.05, 0) is 26.0 Å². The number of pyridine rings is 1. The van der Waals surface area contributed by atoms with Crippen molar-refractivity contribution in [3.05, 3.63) is 54.1 Å². The summed E-state index contributed by atoms with van der Waals surface area (Å²) in [4.78, 5) is 21.5. The number of thiazole rings is 1. The monoisotopic (exact) mass is 409 g/mol. The largest absolute Gasteiger partial charge is 0.389 e. The maximum Gasteiger partial charge on any atom is 0.275 e. The molecular formula is C19H19N7O2S. The number of carbonyl (C=O) groups excluding carboxylic acids is 1. The molecule has 0 aliphatic rings. The number of hydrogen-bond acceptors (Lipinski definition) is 7. The van der Waals surface area contributed by atoms with E-state index in [1.807, 2.05) is 18.2 Å². The van der Waals surface area contributed by atoms with Crippen molar-refractivity contribution in [2.24, 2.45) is 0 Å². The van der Waals surface area contributed by atoms with Gasteiger partial charge in [0, 0.05) is 29.5 Å². The summed E-state index contributed by atoms with van der Waals surface area (Å²) in [6.07, 6.45) is 6.72. The van der Waals surface area contributed by atoms with Gasteiger partial charge in [-0.15, -0.1) is 11.3 Å². The summed E-state index contributed by atoms with van der Waals surface area (Å²) in [7, 11) is 0. The molecule has 1 amide bonds. The third-order valence-corrected chi connectivity index (χ3v) is 4.84. The molecule has 0 radical (unpaired) electrons. The van der Waals surface area contributed by atoms with Crippen molar-refractivity contribution in [3.63, 3.8) is 0 Å². The first-order valence-electron chi connectivity index (χ1n) is 8.86. The van der Waals surface area contributed by atoms with Crippen LogP contribution in [-0.2, 0) is 6.54 Å². The maximum absolute atomic E-state index is 12.8. The molecule has 0 aliphatic carbocycles. The molecule has 4 heterocycles. The highest BCUT2D eigenvalue weighted by atomic mass is 32.1. The van der Waals surface area contributed by atoms with Crippen molar-refractivity contribution in [2.45, 2.75) is 26.0 Å². The van der Waals surface area contributed by atoms with Crippen LogP contribution in [0.25, 0.3) is 22.0 Å². The fourth-order valence-corrected chi connectivity index (χ4v) is 3.53. The number of aromatic amines is 1. The van der Waals surface area contributed by atoms with Gasteiger partial charge in [0.1, 0.15) is 16.4 Å². The van der Waals surface area contributed by atoms with Crippen LogP contribution in [0.4, 0.5) is 5.69 Å². The first-order chi connectivity index (χ1) is 13.9. The van der Waals surface area contributed by atoms with Crippen molar-refractivity contribution < 1.29 is 9.90 Å². The van der Waals surface area contributed by atoms with E-state index in [0.29, 0.717) is 27.8 Å². The van der Waals surface area contributed by atoms with Crippen molar-refractivity contribution in [1.29, 1.82) is 0 Å². The van der Waals surface area contributed by atoms with Gasteiger partial charge in [0.2, 0.25) is 0 Å². The first-order valence-corrected chi connectivity index (χ1v) is 9.74. The minimum atomic E-state index is -0.955. The van der Waals surface area contributed by atoms with Gasteiger partial charge in [0.05, 0.1) is 29.7 Å². The molecule has 0 bridgehead atoms. The number of aromatic nitrogens is 6. The topological polar surface area (TPSA) is 122 Å². The Balaban J connectivity index is 1.62. The Labute approximate surface area is 170 Å². The lowest BCUT2D eigenvalue weighted by atomic mass is 10.1. The Morgan fingerprint density at radius 3 is 2.93 bits per heavy atom. The van der Waals surface area contributed by atoms with Crippen molar-refractivity contribution in [1.82, 2.24) is 29.9 Å². The van der Waals surface area contributed by atoms with Crippen LogP contribution in [0.2, 0.25) is 0 Å². The molecule has 0 unspecified atom stereocenters. The van der Waals surface area contributed by atoms with Crippen LogP contribution < -0.4 is 5.32 Å². The molecule has 29 heavy (non-hydrogen) atoms. The van der Waals surface area contributed by atoms with Crippen LogP contribution in [-0.4, -0.2) is 46.6 Å². The SMILES string of the molecule is CC(C)(O)Cn1cc(NC(=O)c2csc(-c3cn[nH]c3)n2)c(-c2ccccn2)n1. The van der Waals surface area contributed by atoms with Gasteiger partial charge in [0.25, 0.3) is 5.91 Å². The highest BCUT2D eigenvalue weighted by molar-refractivity contribution is 7.13. The van der Waals surface area contributed by atoms with E-state index in [4.69, 9.17) is 0 Å². The molecule has 0 atom stereocenters. The average Bonchev–Trinajstić information content (AvgIpc) is 3.41. The molecule has 4 rings (SSSR count). The molecule has 4 aromatic heterocycles. The molecule has 4 aromatic rings. The van der Waals surface area contributed by atoms with Crippen LogP contribution in [0, 0.1) is 0 Å². The maximum atomic E-state index is 12.8. The summed E-state index contributed by atoms with van der Waals surface area (Å²) in [6.45, 7) is 3.66. The molecule has 10 heteroatoms. The molecule has 0 saturated carbocycles. The fraction of sp³-hybridized carbons (Fsp3) is 0.211. The summed E-state index contributed by atoms with van der Waals surface area (Å²) in [6, 6.07) is 5.47. The molecule has 148 valence electrons. The van der Waals surface area contributed by atoms with E-state index in [0.717, 1.165) is 5.56 Å². The third-order valence-electron chi connectivity index (χ3n) is 3.95. The number of carbonyl (C=O) groups is 1. The lowest BCUT2D eigenvalue weighted by Gasteiger charge is -2.16. The van der Waals surface area contributed by atoms with Gasteiger partial charge in [-0.2, -0.15) is 10.2 Å². The zero-order valence-electron chi connectivity index (χ0n) is 15.8. The zero-order valence-corrected chi connectivity index (χ0v) is 16.6. The van der Waals surface area contributed by atoms with Gasteiger partial charge < -0.3 is 10.4 Å². The number of aliphatic hydroxyl groups is 1. The number of anilines is 1. The zero-order chi connectivity index (χ0) is 20.4.